The van der Waals surface area contributed by atoms with E-state index in [4.69, 9.17) is 22.3 Å². The molecule has 0 saturated heterocycles. The summed E-state index contributed by atoms with van der Waals surface area (Å²) in [7, 11) is 1.56. The minimum Gasteiger partial charge on any atom is -0.382 e. The van der Waals surface area contributed by atoms with Crippen molar-refractivity contribution in [2.45, 2.75) is 39.2 Å². The van der Waals surface area contributed by atoms with Gasteiger partial charge in [0.1, 0.15) is 41.7 Å². The minimum absolute atomic E-state index is 0.141. The van der Waals surface area contributed by atoms with Crippen LogP contribution in [0.1, 0.15) is 50.7 Å². The maximum absolute atomic E-state index is 14.0. The van der Waals surface area contributed by atoms with Crippen molar-refractivity contribution in [1.82, 2.24) is 19.5 Å². The van der Waals surface area contributed by atoms with Gasteiger partial charge in [0.05, 0.1) is 27.7 Å². The number of nitrogens with zero attached hydrogens (tertiary/aromatic N) is 5. The van der Waals surface area contributed by atoms with Crippen LogP contribution in [0.25, 0.3) is 16.6 Å². The Kier molecular flexibility index (Phi) is 8.84. The molecule has 41 heavy (non-hydrogen) atoms. The first-order valence-electron chi connectivity index (χ1n) is 13.0. The zero-order valence-corrected chi connectivity index (χ0v) is 24.3. The summed E-state index contributed by atoms with van der Waals surface area (Å²) < 4.78 is 14.2. The van der Waals surface area contributed by atoms with Gasteiger partial charge in [0.15, 0.2) is 0 Å². The minimum atomic E-state index is -0.633. The van der Waals surface area contributed by atoms with Crippen LogP contribution in [0, 0.1) is 11.8 Å². The second kappa shape index (κ2) is 12.3. The van der Waals surface area contributed by atoms with Gasteiger partial charge in [0.25, 0.3) is 5.56 Å². The van der Waals surface area contributed by atoms with E-state index < -0.39 is 12.7 Å². The van der Waals surface area contributed by atoms with E-state index in [1.165, 1.54) is 18.5 Å². The van der Waals surface area contributed by atoms with E-state index in [1.54, 1.807) is 29.8 Å². The molecule has 4 rings (SSSR count). The Labute approximate surface area is 243 Å². The van der Waals surface area contributed by atoms with Crippen molar-refractivity contribution in [3.05, 3.63) is 93.3 Å². The van der Waals surface area contributed by atoms with Crippen molar-refractivity contribution in [2.75, 3.05) is 24.8 Å². The van der Waals surface area contributed by atoms with Crippen molar-refractivity contribution >= 4 is 39.9 Å². The largest absolute Gasteiger partial charge is 0.382 e. The lowest BCUT2D eigenvalue weighted by Crippen LogP contribution is -2.28. The molecular formula is C31H31ClFN7O. The summed E-state index contributed by atoms with van der Waals surface area (Å²) in [5, 5.41) is 3.96. The number of aliphatic imine (C=N–C) groups is 1. The summed E-state index contributed by atoms with van der Waals surface area (Å²) in [5.41, 5.74) is 8.62. The predicted octanol–water partition coefficient (Wildman–Crippen LogP) is 5.83. The molecule has 0 aliphatic heterocycles. The Morgan fingerprint density at radius 3 is 2.71 bits per heavy atom. The highest BCUT2D eigenvalue weighted by molar-refractivity contribution is 6.35. The lowest BCUT2D eigenvalue weighted by atomic mass is 9.87. The highest BCUT2D eigenvalue weighted by atomic mass is 35.5. The first-order chi connectivity index (χ1) is 19.5. The van der Waals surface area contributed by atoms with Crippen LogP contribution in [-0.2, 0) is 5.41 Å². The zero-order chi connectivity index (χ0) is 29.7. The Bertz CT molecular complexity index is 1780. The molecule has 8 nitrogen and oxygen atoms in total. The molecule has 210 valence electrons. The number of alkyl halides is 1. The summed E-state index contributed by atoms with van der Waals surface area (Å²) in [6, 6.07) is 12.5. The molecule has 2 heterocycles. The van der Waals surface area contributed by atoms with Gasteiger partial charge in [0.2, 0.25) is 0 Å². The number of fused-ring (bicyclic) bond motifs is 1. The number of hydrogen-bond acceptors (Lipinski definition) is 7. The maximum Gasteiger partial charge on any atom is 0.267 e. The topological polar surface area (TPSA) is 111 Å². The quantitative estimate of drug-likeness (QED) is 0.222. The van der Waals surface area contributed by atoms with Gasteiger partial charge in [-0.3, -0.25) is 14.4 Å². The van der Waals surface area contributed by atoms with Crippen LogP contribution in [0.2, 0.25) is 5.02 Å². The van der Waals surface area contributed by atoms with Crippen LogP contribution < -0.4 is 16.6 Å². The molecule has 0 spiro atoms. The van der Waals surface area contributed by atoms with Crippen molar-refractivity contribution < 1.29 is 4.39 Å². The van der Waals surface area contributed by atoms with E-state index in [2.05, 4.69) is 52.9 Å². The molecular weight excluding hydrogens is 541 g/mol. The second-order valence-corrected chi connectivity index (χ2v) is 10.7. The predicted molar refractivity (Wildman–Crippen MR) is 165 cm³/mol. The Hall–Kier alpha value is -4.55. The van der Waals surface area contributed by atoms with Gasteiger partial charge in [-0.15, -0.1) is 0 Å². The number of allylic oxidation sites excluding steroid dienone is 2. The van der Waals surface area contributed by atoms with Gasteiger partial charge in [-0.2, -0.15) is 0 Å². The molecule has 1 atom stereocenters. The van der Waals surface area contributed by atoms with Crippen molar-refractivity contribution in [2.24, 2.45) is 4.99 Å². The fourth-order valence-corrected chi connectivity index (χ4v) is 4.47. The third-order valence-corrected chi connectivity index (χ3v) is 6.70. The highest BCUT2D eigenvalue weighted by Crippen LogP contribution is 2.28. The molecule has 0 aliphatic rings. The molecule has 0 aliphatic carbocycles. The number of aromatic nitrogens is 4. The molecule has 3 N–H and O–H groups in total. The highest BCUT2D eigenvalue weighted by Gasteiger charge is 2.22. The molecule has 2 aromatic carbocycles. The first kappa shape index (κ1) is 29.4. The molecule has 0 radical (unpaired) electrons. The molecule has 0 amide bonds. The van der Waals surface area contributed by atoms with Crippen molar-refractivity contribution in [3.63, 3.8) is 0 Å². The maximum atomic E-state index is 14.0. The standard InChI is InChI=1S/C31H31ClFN7O/c1-19(38-28-23(27(34)36-18-37-28)15-14-21(35-5)10-8-16-33)29-39-25-13-7-12-24(32)26(25)30(41)40(29)22-11-6-9-20(17-22)31(2,3)4/h6-13,17-19H,16H2,1-5H3,(H3,34,36,37,38)/b10-8-,35-21+. The van der Waals surface area contributed by atoms with Crippen LogP contribution in [0.3, 0.4) is 0 Å². The van der Waals surface area contributed by atoms with Crippen molar-refractivity contribution in [1.29, 1.82) is 0 Å². The number of hydrogen-bond donors (Lipinski definition) is 2. The fraction of sp³-hybridized carbons (Fsp3) is 0.258. The Morgan fingerprint density at radius 2 is 2.00 bits per heavy atom. The number of nitrogen functional groups attached to an aromatic ring is 1. The van der Waals surface area contributed by atoms with Crippen LogP contribution in [0.4, 0.5) is 16.0 Å². The van der Waals surface area contributed by atoms with Crippen molar-refractivity contribution in [3.8, 4) is 17.5 Å². The Balaban J connectivity index is 1.88. The SMILES string of the molecule is C/N=C(C#Cc1c(N)ncnc1NC(C)c1nc2cccc(Cl)c2c(=O)n1-c1cccc(C(C)(C)C)c1)\C=C/CF. The smallest absolute Gasteiger partial charge is 0.267 e. The monoisotopic (exact) mass is 571 g/mol. The molecule has 0 bridgehead atoms. The fourth-order valence-electron chi connectivity index (χ4n) is 4.21. The van der Waals surface area contributed by atoms with E-state index >= 15 is 0 Å². The average Bonchev–Trinajstić information content (AvgIpc) is 2.93. The van der Waals surface area contributed by atoms with Crippen LogP contribution >= 0.6 is 11.6 Å². The molecule has 2 aromatic heterocycles. The van der Waals surface area contributed by atoms with Gasteiger partial charge < -0.3 is 11.1 Å². The summed E-state index contributed by atoms with van der Waals surface area (Å²) in [6.45, 7) is 7.56. The van der Waals surface area contributed by atoms with Gasteiger partial charge in [-0.05, 0) is 54.2 Å². The normalized spacial score (nSPS) is 12.8. The lowest BCUT2D eigenvalue weighted by Gasteiger charge is -2.23. The van der Waals surface area contributed by atoms with Crippen LogP contribution in [0.15, 0.2) is 70.7 Å². The number of nitrogens with one attached hydrogen (secondary N) is 1. The lowest BCUT2D eigenvalue weighted by molar-refractivity contribution is 0.562. The summed E-state index contributed by atoms with van der Waals surface area (Å²) in [4.78, 5) is 31.4. The van der Waals surface area contributed by atoms with Crippen LogP contribution in [-0.4, -0.2) is 39.0 Å². The first-order valence-corrected chi connectivity index (χ1v) is 13.3. The van der Waals surface area contributed by atoms with E-state index in [9.17, 15) is 9.18 Å². The third-order valence-electron chi connectivity index (χ3n) is 6.38. The number of halogens is 2. The molecule has 1 unspecified atom stereocenters. The van der Waals surface area contributed by atoms with E-state index in [-0.39, 0.29) is 16.8 Å². The van der Waals surface area contributed by atoms with Gasteiger partial charge >= 0.3 is 0 Å². The second-order valence-electron chi connectivity index (χ2n) is 10.3. The summed E-state index contributed by atoms with van der Waals surface area (Å²) in [6.07, 6.45) is 4.12. The molecule has 0 fully saturated rings. The van der Waals surface area contributed by atoms with Gasteiger partial charge in [-0.25, -0.2) is 19.3 Å². The number of nitrogens with two attached hydrogens (primary N) is 1. The van der Waals surface area contributed by atoms with E-state index in [0.29, 0.717) is 44.5 Å². The molecule has 10 heteroatoms. The van der Waals surface area contributed by atoms with E-state index in [0.717, 1.165) is 5.56 Å². The summed E-state index contributed by atoms with van der Waals surface area (Å²) in [5.74, 6) is 6.75. The molecule has 0 saturated carbocycles. The van der Waals surface area contributed by atoms with E-state index in [1.807, 2.05) is 31.2 Å². The number of rotatable bonds is 6. The van der Waals surface area contributed by atoms with Crippen LogP contribution in [0.5, 0.6) is 0 Å². The van der Waals surface area contributed by atoms with Gasteiger partial charge in [-0.1, -0.05) is 62.6 Å². The zero-order valence-electron chi connectivity index (χ0n) is 23.5. The van der Waals surface area contributed by atoms with Gasteiger partial charge in [0, 0.05) is 7.05 Å². The number of benzene rings is 2. The number of anilines is 2. The average molecular weight is 572 g/mol. The molecule has 4 aromatic rings. The Morgan fingerprint density at radius 1 is 1.24 bits per heavy atom. The summed E-state index contributed by atoms with van der Waals surface area (Å²) >= 11 is 6.48. The third kappa shape index (κ3) is 6.44.